The average molecular weight is 376 g/mol. The standard InChI is InChI=1S/C18H15Cl2N3O2/c1-10-15(17(24)22-14-5-3-2-4-13(14)20)16(23-18(25)21-10)11-6-8-12(19)9-7-11/h2-9,16H,1H3,(H,22,24)(H2,21,23,25). The maximum atomic E-state index is 12.8. The van der Waals surface area contributed by atoms with Crippen molar-refractivity contribution < 1.29 is 9.59 Å². The van der Waals surface area contributed by atoms with Gasteiger partial charge in [0.1, 0.15) is 0 Å². The van der Waals surface area contributed by atoms with Gasteiger partial charge in [0.2, 0.25) is 0 Å². The fourth-order valence-electron chi connectivity index (χ4n) is 2.65. The van der Waals surface area contributed by atoms with E-state index in [1.165, 1.54) is 0 Å². The molecule has 1 heterocycles. The van der Waals surface area contributed by atoms with Crippen molar-refractivity contribution in [1.82, 2.24) is 10.6 Å². The molecule has 128 valence electrons. The summed E-state index contributed by atoms with van der Waals surface area (Å²) in [5.41, 5.74) is 2.14. The predicted molar refractivity (Wildman–Crippen MR) is 98.6 cm³/mol. The minimum atomic E-state index is -0.589. The Bertz CT molecular complexity index is 863. The molecular formula is C18H15Cl2N3O2. The van der Waals surface area contributed by atoms with Crippen LogP contribution in [0, 0.1) is 0 Å². The summed E-state index contributed by atoms with van der Waals surface area (Å²) in [5, 5.41) is 9.20. The molecule has 2 aromatic rings. The van der Waals surface area contributed by atoms with Crippen LogP contribution in [0.15, 0.2) is 59.8 Å². The summed E-state index contributed by atoms with van der Waals surface area (Å²) in [6.45, 7) is 1.68. The van der Waals surface area contributed by atoms with Crippen molar-refractivity contribution in [3.8, 4) is 0 Å². The number of rotatable bonds is 3. The third-order valence-corrected chi connectivity index (χ3v) is 4.42. The minimum Gasteiger partial charge on any atom is -0.327 e. The number of para-hydroxylation sites is 1. The topological polar surface area (TPSA) is 70.2 Å². The first-order chi connectivity index (χ1) is 12.0. The predicted octanol–water partition coefficient (Wildman–Crippen LogP) is 4.26. The van der Waals surface area contributed by atoms with Gasteiger partial charge in [0.05, 0.1) is 22.3 Å². The van der Waals surface area contributed by atoms with Gasteiger partial charge in [0.25, 0.3) is 5.91 Å². The number of carbonyl (C=O) groups excluding carboxylic acids is 2. The van der Waals surface area contributed by atoms with Gasteiger partial charge in [-0.15, -0.1) is 0 Å². The molecule has 0 fully saturated rings. The lowest BCUT2D eigenvalue weighted by molar-refractivity contribution is -0.113. The molecule has 0 saturated carbocycles. The van der Waals surface area contributed by atoms with Gasteiger partial charge >= 0.3 is 6.03 Å². The van der Waals surface area contributed by atoms with Crippen molar-refractivity contribution in [2.75, 3.05) is 5.32 Å². The monoisotopic (exact) mass is 375 g/mol. The first kappa shape index (κ1) is 17.3. The zero-order valence-corrected chi connectivity index (χ0v) is 14.8. The molecular weight excluding hydrogens is 361 g/mol. The Labute approximate surface area is 155 Å². The summed E-state index contributed by atoms with van der Waals surface area (Å²) >= 11 is 12.0. The third kappa shape index (κ3) is 3.78. The molecule has 25 heavy (non-hydrogen) atoms. The molecule has 0 bridgehead atoms. The number of nitrogens with one attached hydrogen (secondary N) is 3. The molecule has 1 aliphatic rings. The number of allylic oxidation sites excluding steroid dienone is 1. The van der Waals surface area contributed by atoms with Crippen molar-refractivity contribution >= 4 is 40.8 Å². The van der Waals surface area contributed by atoms with Crippen LogP contribution in [0.25, 0.3) is 0 Å². The van der Waals surface area contributed by atoms with Gasteiger partial charge < -0.3 is 16.0 Å². The molecule has 2 aromatic carbocycles. The van der Waals surface area contributed by atoms with Crippen LogP contribution >= 0.6 is 23.2 Å². The van der Waals surface area contributed by atoms with E-state index in [9.17, 15) is 9.59 Å². The number of hydrogen-bond donors (Lipinski definition) is 3. The maximum Gasteiger partial charge on any atom is 0.319 e. The Morgan fingerprint density at radius 2 is 1.76 bits per heavy atom. The van der Waals surface area contributed by atoms with Crippen LogP contribution < -0.4 is 16.0 Å². The van der Waals surface area contributed by atoms with Crippen LogP contribution in [0.3, 0.4) is 0 Å². The SMILES string of the molecule is CC1=C(C(=O)Nc2ccccc2Cl)C(c2ccc(Cl)cc2)NC(=O)N1. The molecule has 0 radical (unpaired) electrons. The van der Waals surface area contributed by atoms with E-state index in [4.69, 9.17) is 23.2 Å². The minimum absolute atomic E-state index is 0.349. The van der Waals surface area contributed by atoms with Crippen LogP contribution in [0.4, 0.5) is 10.5 Å². The Kier molecular flexibility index (Phi) is 4.97. The summed E-state index contributed by atoms with van der Waals surface area (Å²) in [4.78, 5) is 24.7. The highest BCUT2D eigenvalue weighted by Crippen LogP contribution is 2.29. The molecule has 0 saturated heterocycles. The molecule has 0 spiro atoms. The molecule has 5 nitrogen and oxygen atoms in total. The molecule has 0 aromatic heterocycles. The van der Waals surface area contributed by atoms with E-state index in [1.807, 2.05) is 0 Å². The van der Waals surface area contributed by atoms with Crippen molar-refractivity contribution in [2.24, 2.45) is 0 Å². The van der Waals surface area contributed by atoms with Crippen LogP contribution in [0.1, 0.15) is 18.5 Å². The second-order valence-electron chi connectivity index (χ2n) is 5.56. The van der Waals surface area contributed by atoms with Crippen molar-refractivity contribution in [3.05, 3.63) is 75.4 Å². The summed E-state index contributed by atoms with van der Waals surface area (Å²) in [6.07, 6.45) is 0. The Morgan fingerprint density at radius 3 is 2.44 bits per heavy atom. The van der Waals surface area contributed by atoms with Crippen LogP contribution in [0.2, 0.25) is 10.0 Å². The highest BCUT2D eigenvalue weighted by molar-refractivity contribution is 6.34. The summed E-state index contributed by atoms with van der Waals surface area (Å²) in [7, 11) is 0. The van der Waals surface area contributed by atoms with Crippen molar-refractivity contribution in [3.63, 3.8) is 0 Å². The fraction of sp³-hybridized carbons (Fsp3) is 0.111. The molecule has 1 aliphatic heterocycles. The Hall–Kier alpha value is -2.50. The molecule has 0 aliphatic carbocycles. The van der Waals surface area contributed by atoms with Crippen LogP contribution in [-0.4, -0.2) is 11.9 Å². The second-order valence-corrected chi connectivity index (χ2v) is 6.40. The number of halogens is 2. The number of hydrogen-bond acceptors (Lipinski definition) is 2. The Morgan fingerprint density at radius 1 is 1.08 bits per heavy atom. The van der Waals surface area contributed by atoms with Gasteiger partial charge in [0, 0.05) is 10.7 Å². The number of carbonyl (C=O) groups is 2. The van der Waals surface area contributed by atoms with E-state index < -0.39 is 6.04 Å². The van der Waals surface area contributed by atoms with E-state index in [0.29, 0.717) is 27.0 Å². The van der Waals surface area contributed by atoms with Gasteiger partial charge in [-0.1, -0.05) is 47.5 Å². The lowest BCUT2D eigenvalue weighted by atomic mass is 9.95. The van der Waals surface area contributed by atoms with Crippen molar-refractivity contribution in [1.29, 1.82) is 0 Å². The number of anilines is 1. The lowest BCUT2D eigenvalue weighted by Gasteiger charge is -2.28. The molecule has 3 amide bonds. The number of urea groups is 1. The van der Waals surface area contributed by atoms with Gasteiger partial charge in [0.15, 0.2) is 0 Å². The van der Waals surface area contributed by atoms with Gasteiger partial charge in [-0.3, -0.25) is 4.79 Å². The fourth-order valence-corrected chi connectivity index (χ4v) is 2.96. The number of benzene rings is 2. The Balaban J connectivity index is 1.96. The molecule has 7 heteroatoms. The zero-order chi connectivity index (χ0) is 18.0. The molecule has 3 rings (SSSR count). The normalized spacial score (nSPS) is 16.9. The van der Waals surface area contributed by atoms with Gasteiger partial charge in [-0.05, 0) is 36.8 Å². The van der Waals surface area contributed by atoms with Gasteiger partial charge in [-0.2, -0.15) is 0 Å². The summed E-state index contributed by atoms with van der Waals surface area (Å²) < 4.78 is 0. The average Bonchev–Trinajstić information content (AvgIpc) is 2.57. The van der Waals surface area contributed by atoms with E-state index >= 15 is 0 Å². The van der Waals surface area contributed by atoms with E-state index in [0.717, 1.165) is 5.56 Å². The smallest absolute Gasteiger partial charge is 0.319 e. The quantitative estimate of drug-likeness (QED) is 0.749. The van der Waals surface area contributed by atoms with Crippen LogP contribution in [-0.2, 0) is 4.79 Å². The largest absolute Gasteiger partial charge is 0.327 e. The molecule has 1 atom stereocenters. The summed E-state index contributed by atoms with van der Waals surface area (Å²) in [6, 6.07) is 13.0. The maximum absolute atomic E-state index is 12.8. The van der Waals surface area contributed by atoms with E-state index in [2.05, 4.69) is 16.0 Å². The van der Waals surface area contributed by atoms with E-state index in [-0.39, 0.29) is 11.9 Å². The second kappa shape index (κ2) is 7.17. The highest BCUT2D eigenvalue weighted by Gasteiger charge is 2.31. The summed E-state index contributed by atoms with van der Waals surface area (Å²) in [5.74, 6) is -0.349. The van der Waals surface area contributed by atoms with Crippen LogP contribution in [0.5, 0.6) is 0 Å². The molecule has 3 N–H and O–H groups in total. The number of amides is 3. The highest BCUT2D eigenvalue weighted by atomic mass is 35.5. The lowest BCUT2D eigenvalue weighted by Crippen LogP contribution is -2.45. The first-order valence-electron chi connectivity index (χ1n) is 7.55. The zero-order valence-electron chi connectivity index (χ0n) is 13.3. The first-order valence-corrected chi connectivity index (χ1v) is 8.31. The molecule has 1 unspecified atom stereocenters. The van der Waals surface area contributed by atoms with Gasteiger partial charge in [-0.25, -0.2) is 4.79 Å². The van der Waals surface area contributed by atoms with Crippen molar-refractivity contribution in [2.45, 2.75) is 13.0 Å². The van der Waals surface area contributed by atoms with E-state index in [1.54, 1.807) is 55.5 Å². The third-order valence-electron chi connectivity index (χ3n) is 3.84.